The Hall–Kier alpha value is -4.07. The van der Waals surface area contributed by atoms with E-state index in [1.54, 1.807) is 31.6 Å². The fourth-order valence-electron chi connectivity index (χ4n) is 4.30. The van der Waals surface area contributed by atoms with Gasteiger partial charge in [0.15, 0.2) is 0 Å². The zero-order valence-corrected chi connectivity index (χ0v) is 18.5. The molecule has 8 heteroatoms. The number of rotatable bonds is 6. The van der Waals surface area contributed by atoms with E-state index in [0.717, 1.165) is 24.3 Å². The molecule has 1 aliphatic rings. The van der Waals surface area contributed by atoms with Crippen molar-refractivity contribution in [1.29, 1.82) is 0 Å². The highest BCUT2D eigenvalue weighted by Gasteiger charge is 2.16. The molecule has 0 radical (unpaired) electrons. The molecular formula is C25H26N6O2. The first-order valence-corrected chi connectivity index (χ1v) is 11.1. The molecule has 1 amide bonds. The summed E-state index contributed by atoms with van der Waals surface area (Å²) in [7, 11) is 1.59. The second-order valence-electron chi connectivity index (χ2n) is 8.12. The summed E-state index contributed by atoms with van der Waals surface area (Å²) in [5.41, 5.74) is 8.98. The molecule has 0 atom stereocenters. The van der Waals surface area contributed by atoms with E-state index in [-0.39, 0.29) is 0 Å². The zero-order valence-electron chi connectivity index (χ0n) is 18.5. The number of amides is 1. The molecule has 33 heavy (non-hydrogen) atoms. The molecule has 4 aromatic rings. The summed E-state index contributed by atoms with van der Waals surface area (Å²) in [6.45, 7) is 2.23. The fraction of sp³-hybridized carbons (Fsp3) is 0.240. The highest BCUT2D eigenvalue weighted by molar-refractivity contribution is 6.07. The Kier molecular flexibility index (Phi) is 5.56. The Morgan fingerprint density at radius 3 is 2.58 bits per heavy atom. The van der Waals surface area contributed by atoms with Crippen molar-refractivity contribution in [3.63, 3.8) is 0 Å². The molecule has 0 bridgehead atoms. The predicted molar refractivity (Wildman–Crippen MR) is 130 cm³/mol. The molecule has 3 N–H and O–H groups in total. The lowest BCUT2D eigenvalue weighted by atomic mass is 10.1. The van der Waals surface area contributed by atoms with Crippen molar-refractivity contribution >= 4 is 34.1 Å². The van der Waals surface area contributed by atoms with Gasteiger partial charge in [0.05, 0.1) is 18.2 Å². The monoisotopic (exact) mass is 442 g/mol. The van der Waals surface area contributed by atoms with Crippen LogP contribution in [0.3, 0.4) is 0 Å². The van der Waals surface area contributed by atoms with Crippen molar-refractivity contribution in [3.05, 3.63) is 66.5 Å². The lowest BCUT2D eigenvalue weighted by Crippen LogP contribution is -2.29. The summed E-state index contributed by atoms with van der Waals surface area (Å²) in [5, 5.41) is 3.99. The summed E-state index contributed by atoms with van der Waals surface area (Å²) in [6.07, 6.45) is 7.20. The Balaban J connectivity index is 1.43. The Bertz CT molecular complexity index is 1290. The predicted octanol–water partition coefficient (Wildman–Crippen LogP) is 4.26. The molecule has 2 aromatic heterocycles. The second-order valence-corrected chi connectivity index (χ2v) is 8.12. The van der Waals surface area contributed by atoms with E-state index in [4.69, 9.17) is 10.5 Å². The average Bonchev–Trinajstić information content (AvgIpc) is 3.24. The topological polar surface area (TPSA) is 98.3 Å². The van der Waals surface area contributed by atoms with Crippen molar-refractivity contribution in [3.8, 4) is 11.6 Å². The quantitative estimate of drug-likeness (QED) is 0.463. The molecule has 8 nitrogen and oxygen atoms in total. The number of primary amides is 1. The third kappa shape index (κ3) is 4.19. The fourth-order valence-corrected chi connectivity index (χ4v) is 4.30. The zero-order chi connectivity index (χ0) is 22.8. The SMILES string of the molecule is COc1ccc2c(c1)c(C(N)=O)cn2-c1ccnc(Nc2ccc(N3CCCCC3)cc2)n1. The Morgan fingerprint density at radius 2 is 1.85 bits per heavy atom. The molecule has 2 aromatic carbocycles. The number of anilines is 3. The van der Waals surface area contributed by atoms with E-state index < -0.39 is 5.91 Å². The normalized spacial score (nSPS) is 13.8. The highest BCUT2D eigenvalue weighted by atomic mass is 16.5. The van der Waals surface area contributed by atoms with Crippen LogP contribution in [0.2, 0.25) is 0 Å². The number of nitrogens with zero attached hydrogens (tertiary/aromatic N) is 4. The number of hydrogen-bond acceptors (Lipinski definition) is 6. The van der Waals surface area contributed by atoms with Gasteiger partial charge in [0.25, 0.3) is 5.91 Å². The number of ether oxygens (including phenoxy) is 1. The minimum atomic E-state index is -0.506. The van der Waals surface area contributed by atoms with Crippen LogP contribution < -0.4 is 20.7 Å². The van der Waals surface area contributed by atoms with Gasteiger partial charge >= 0.3 is 0 Å². The molecule has 1 aliphatic heterocycles. The van der Waals surface area contributed by atoms with Crippen molar-refractivity contribution < 1.29 is 9.53 Å². The van der Waals surface area contributed by atoms with Gasteiger partial charge in [0.1, 0.15) is 11.6 Å². The van der Waals surface area contributed by atoms with Crippen molar-refractivity contribution in [2.24, 2.45) is 5.73 Å². The van der Waals surface area contributed by atoms with Crippen molar-refractivity contribution in [2.45, 2.75) is 19.3 Å². The highest BCUT2D eigenvalue weighted by Crippen LogP contribution is 2.28. The van der Waals surface area contributed by atoms with Gasteiger partial charge in [-0.05, 0) is 67.8 Å². The van der Waals surface area contributed by atoms with Crippen LogP contribution in [0.15, 0.2) is 60.9 Å². The van der Waals surface area contributed by atoms with Crippen LogP contribution in [0.4, 0.5) is 17.3 Å². The third-order valence-corrected chi connectivity index (χ3v) is 6.01. The van der Waals surface area contributed by atoms with Gasteiger partial charge in [-0.2, -0.15) is 4.98 Å². The number of nitrogens with two attached hydrogens (primary N) is 1. The van der Waals surface area contributed by atoms with Gasteiger partial charge in [-0.1, -0.05) is 0 Å². The van der Waals surface area contributed by atoms with E-state index in [9.17, 15) is 4.79 Å². The van der Waals surface area contributed by atoms with Gasteiger partial charge in [-0.15, -0.1) is 0 Å². The number of nitrogens with one attached hydrogen (secondary N) is 1. The first-order chi connectivity index (χ1) is 16.1. The van der Waals surface area contributed by atoms with Crippen LogP contribution in [0, 0.1) is 0 Å². The number of hydrogen-bond donors (Lipinski definition) is 2. The molecule has 1 saturated heterocycles. The average molecular weight is 443 g/mol. The molecular weight excluding hydrogens is 416 g/mol. The third-order valence-electron chi connectivity index (χ3n) is 6.01. The standard InChI is InChI=1S/C25H26N6O2/c1-33-19-9-10-22-20(15-19)21(24(26)32)16-31(22)23-11-12-27-25(29-23)28-17-5-7-18(8-6-17)30-13-3-2-4-14-30/h5-12,15-16H,2-4,13-14H2,1H3,(H2,26,32)(H,27,28,29). The van der Waals surface area contributed by atoms with Gasteiger partial charge in [0.2, 0.25) is 5.95 Å². The first-order valence-electron chi connectivity index (χ1n) is 11.1. The molecule has 0 saturated carbocycles. The molecule has 0 aliphatic carbocycles. The maximum absolute atomic E-state index is 12.0. The van der Waals surface area contributed by atoms with Crippen LogP contribution in [-0.4, -0.2) is 40.6 Å². The van der Waals surface area contributed by atoms with E-state index >= 15 is 0 Å². The Labute approximate surface area is 192 Å². The maximum Gasteiger partial charge on any atom is 0.250 e. The maximum atomic E-state index is 12.0. The van der Waals surface area contributed by atoms with E-state index in [2.05, 4.69) is 32.3 Å². The summed E-state index contributed by atoms with van der Waals surface area (Å²) in [5.74, 6) is 1.24. The number of aromatic nitrogens is 3. The molecule has 0 spiro atoms. The summed E-state index contributed by atoms with van der Waals surface area (Å²) >= 11 is 0. The molecule has 3 heterocycles. The van der Waals surface area contributed by atoms with Crippen LogP contribution >= 0.6 is 0 Å². The van der Waals surface area contributed by atoms with E-state index in [0.29, 0.717) is 28.5 Å². The second kappa shape index (κ2) is 8.82. The van der Waals surface area contributed by atoms with Crippen LogP contribution in [0.25, 0.3) is 16.7 Å². The number of carbonyl (C=O) groups is 1. The van der Waals surface area contributed by atoms with Gasteiger partial charge < -0.3 is 25.3 Å². The van der Waals surface area contributed by atoms with Crippen molar-refractivity contribution in [1.82, 2.24) is 14.5 Å². The lowest BCUT2D eigenvalue weighted by Gasteiger charge is -2.28. The smallest absolute Gasteiger partial charge is 0.250 e. The molecule has 168 valence electrons. The minimum Gasteiger partial charge on any atom is -0.497 e. The summed E-state index contributed by atoms with van der Waals surface area (Å²) < 4.78 is 7.14. The van der Waals surface area contributed by atoms with Crippen LogP contribution in [0.5, 0.6) is 5.75 Å². The van der Waals surface area contributed by atoms with Crippen molar-refractivity contribution in [2.75, 3.05) is 30.4 Å². The van der Waals surface area contributed by atoms with Gasteiger partial charge in [0, 0.05) is 42.2 Å². The number of benzene rings is 2. The van der Waals surface area contributed by atoms with Gasteiger partial charge in [-0.3, -0.25) is 4.79 Å². The molecule has 1 fully saturated rings. The number of carbonyl (C=O) groups excluding carboxylic acids is 1. The minimum absolute atomic E-state index is 0.408. The van der Waals surface area contributed by atoms with Gasteiger partial charge in [-0.25, -0.2) is 4.98 Å². The molecule has 5 rings (SSSR count). The molecule has 0 unspecified atom stereocenters. The van der Waals surface area contributed by atoms with Crippen LogP contribution in [0.1, 0.15) is 29.6 Å². The number of piperidine rings is 1. The first kappa shape index (κ1) is 20.8. The summed E-state index contributed by atoms with van der Waals surface area (Å²) in [6, 6.07) is 15.7. The Morgan fingerprint density at radius 1 is 1.06 bits per heavy atom. The van der Waals surface area contributed by atoms with E-state index in [1.165, 1.54) is 24.9 Å². The number of methoxy groups -OCH3 is 1. The van der Waals surface area contributed by atoms with E-state index in [1.807, 2.05) is 28.8 Å². The van der Waals surface area contributed by atoms with Crippen LogP contribution in [-0.2, 0) is 0 Å². The summed E-state index contributed by atoms with van der Waals surface area (Å²) in [4.78, 5) is 23.5. The largest absolute Gasteiger partial charge is 0.497 e. The lowest BCUT2D eigenvalue weighted by molar-refractivity contribution is 0.100. The number of fused-ring (bicyclic) bond motifs is 1.